The third-order valence-electron chi connectivity index (χ3n) is 2.23. The summed E-state index contributed by atoms with van der Waals surface area (Å²) in [6.45, 7) is 2.79. The molecule has 2 unspecified atom stereocenters. The van der Waals surface area contributed by atoms with Gasteiger partial charge in [0.15, 0.2) is 5.84 Å². The minimum Gasteiger partial charge on any atom is -0.409 e. The molecule has 6 heteroatoms. The van der Waals surface area contributed by atoms with Crippen LogP contribution in [-0.4, -0.2) is 36.2 Å². The van der Waals surface area contributed by atoms with Crippen LogP contribution in [0.2, 0.25) is 0 Å². The number of ether oxygens (including phenoxy) is 1. The Kier molecular flexibility index (Phi) is 3.70. The summed E-state index contributed by atoms with van der Waals surface area (Å²) < 4.78 is 5.10. The van der Waals surface area contributed by atoms with Gasteiger partial charge in [0.1, 0.15) is 0 Å². The SMILES string of the molecule is CC(C(=O)NC1CCOC1)C(N)=NO. The number of rotatable bonds is 3. The molecule has 0 aromatic rings. The Hall–Kier alpha value is -1.30. The molecule has 1 rings (SSSR count). The molecule has 0 radical (unpaired) electrons. The van der Waals surface area contributed by atoms with Crippen LogP contribution in [0.4, 0.5) is 0 Å². The molecule has 4 N–H and O–H groups in total. The lowest BCUT2D eigenvalue weighted by molar-refractivity contribution is -0.123. The molecule has 0 saturated carbocycles. The molecule has 1 heterocycles. The summed E-state index contributed by atoms with van der Waals surface area (Å²) in [6.07, 6.45) is 0.814. The summed E-state index contributed by atoms with van der Waals surface area (Å²) in [5, 5.41) is 13.9. The summed E-state index contributed by atoms with van der Waals surface area (Å²) in [5.41, 5.74) is 5.30. The van der Waals surface area contributed by atoms with Crippen LogP contribution >= 0.6 is 0 Å². The average molecular weight is 201 g/mol. The van der Waals surface area contributed by atoms with E-state index in [-0.39, 0.29) is 17.8 Å². The molecule has 14 heavy (non-hydrogen) atoms. The van der Waals surface area contributed by atoms with Crippen LogP contribution < -0.4 is 11.1 Å². The normalized spacial score (nSPS) is 24.6. The number of amides is 1. The number of hydrogen-bond acceptors (Lipinski definition) is 4. The molecule has 0 spiro atoms. The fourth-order valence-corrected chi connectivity index (χ4v) is 1.20. The van der Waals surface area contributed by atoms with Gasteiger partial charge in [-0.25, -0.2) is 0 Å². The first-order valence-corrected chi connectivity index (χ1v) is 4.50. The first-order chi connectivity index (χ1) is 6.65. The van der Waals surface area contributed by atoms with Crippen molar-refractivity contribution in [3.8, 4) is 0 Å². The maximum absolute atomic E-state index is 11.5. The zero-order valence-electron chi connectivity index (χ0n) is 8.06. The van der Waals surface area contributed by atoms with E-state index in [2.05, 4.69) is 10.5 Å². The lowest BCUT2D eigenvalue weighted by Gasteiger charge is -2.14. The summed E-state index contributed by atoms with van der Waals surface area (Å²) in [6, 6.07) is 0.0523. The molecule has 1 fully saturated rings. The van der Waals surface area contributed by atoms with E-state index in [1.807, 2.05) is 0 Å². The Bertz CT molecular complexity index is 236. The van der Waals surface area contributed by atoms with Crippen LogP contribution in [0, 0.1) is 5.92 Å². The zero-order chi connectivity index (χ0) is 10.6. The third-order valence-corrected chi connectivity index (χ3v) is 2.23. The van der Waals surface area contributed by atoms with Gasteiger partial charge in [-0.05, 0) is 13.3 Å². The van der Waals surface area contributed by atoms with Crippen molar-refractivity contribution in [3.05, 3.63) is 0 Å². The molecule has 0 aromatic heterocycles. The highest BCUT2D eigenvalue weighted by Crippen LogP contribution is 2.05. The molecule has 0 aliphatic carbocycles. The van der Waals surface area contributed by atoms with Crippen molar-refractivity contribution in [2.75, 3.05) is 13.2 Å². The number of nitrogens with zero attached hydrogens (tertiary/aromatic N) is 1. The molecule has 80 valence electrons. The number of carbonyl (C=O) groups is 1. The van der Waals surface area contributed by atoms with Crippen molar-refractivity contribution in [1.29, 1.82) is 0 Å². The van der Waals surface area contributed by atoms with Crippen LogP contribution in [0.1, 0.15) is 13.3 Å². The smallest absolute Gasteiger partial charge is 0.230 e. The quantitative estimate of drug-likeness (QED) is 0.243. The van der Waals surface area contributed by atoms with E-state index in [1.165, 1.54) is 0 Å². The average Bonchev–Trinajstić information content (AvgIpc) is 2.68. The van der Waals surface area contributed by atoms with Crippen molar-refractivity contribution in [2.24, 2.45) is 16.8 Å². The standard InChI is InChI=1S/C8H15N3O3/c1-5(7(9)11-13)8(12)10-6-2-3-14-4-6/h5-6,13H,2-4H2,1H3,(H2,9,11)(H,10,12). The van der Waals surface area contributed by atoms with E-state index in [1.54, 1.807) is 6.92 Å². The Labute approximate surface area is 82.1 Å². The van der Waals surface area contributed by atoms with E-state index < -0.39 is 5.92 Å². The maximum Gasteiger partial charge on any atom is 0.230 e. The van der Waals surface area contributed by atoms with Gasteiger partial charge in [-0.15, -0.1) is 0 Å². The number of hydrogen-bond donors (Lipinski definition) is 3. The van der Waals surface area contributed by atoms with Gasteiger partial charge in [0.05, 0.1) is 18.6 Å². The van der Waals surface area contributed by atoms with Gasteiger partial charge < -0.3 is 21.0 Å². The van der Waals surface area contributed by atoms with E-state index in [4.69, 9.17) is 15.7 Å². The highest BCUT2D eigenvalue weighted by molar-refractivity contribution is 6.01. The highest BCUT2D eigenvalue weighted by Gasteiger charge is 2.23. The largest absolute Gasteiger partial charge is 0.409 e. The number of amidine groups is 1. The van der Waals surface area contributed by atoms with Crippen LogP contribution in [0.3, 0.4) is 0 Å². The summed E-state index contributed by atoms with van der Waals surface area (Å²) in [5.74, 6) is -0.933. The zero-order valence-corrected chi connectivity index (χ0v) is 8.06. The van der Waals surface area contributed by atoms with Crippen molar-refractivity contribution >= 4 is 11.7 Å². The van der Waals surface area contributed by atoms with Gasteiger partial charge >= 0.3 is 0 Å². The molecular formula is C8H15N3O3. The lowest BCUT2D eigenvalue weighted by atomic mass is 10.1. The highest BCUT2D eigenvalue weighted by atomic mass is 16.5. The monoisotopic (exact) mass is 201 g/mol. The fourth-order valence-electron chi connectivity index (χ4n) is 1.20. The third kappa shape index (κ3) is 2.59. The second-order valence-electron chi connectivity index (χ2n) is 3.32. The minimum absolute atomic E-state index is 0.0523. The number of nitrogens with two attached hydrogens (primary N) is 1. The summed E-state index contributed by atoms with van der Waals surface area (Å²) in [4.78, 5) is 11.5. The molecule has 0 aromatic carbocycles. The molecule has 1 aliphatic heterocycles. The number of nitrogens with one attached hydrogen (secondary N) is 1. The molecule has 1 saturated heterocycles. The summed E-state index contributed by atoms with van der Waals surface area (Å²) in [7, 11) is 0. The van der Waals surface area contributed by atoms with Crippen LogP contribution in [0.25, 0.3) is 0 Å². The van der Waals surface area contributed by atoms with E-state index in [9.17, 15) is 4.79 Å². The predicted molar refractivity (Wildman–Crippen MR) is 49.9 cm³/mol. The Morgan fingerprint density at radius 2 is 2.50 bits per heavy atom. The van der Waals surface area contributed by atoms with Crippen molar-refractivity contribution < 1.29 is 14.7 Å². The lowest BCUT2D eigenvalue weighted by Crippen LogP contribution is -2.42. The molecule has 2 atom stereocenters. The first-order valence-electron chi connectivity index (χ1n) is 4.50. The van der Waals surface area contributed by atoms with E-state index in [0.717, 1.165) is 6.42 Å². The van der Waals surface area contributed by atoms with Gasteiger partial charge in [0.25, 0.3) is 0 Å². The van der Waals surface area contributed by atoms with Gasteiger partial charge in [-0.1, -0.05) is 5.16 Å². The Morgan fingerprint density at radius 1 is 1.79 bits per heavy atom. The maximum atomic E-state index is 11.5. The van der Waals surface area contributed by atoms with E-state index >= 15 is 0 Å². The van der Waals surface area contributed by atoms with E-state index in [0.29, 0.717) is 13.2 Å². The van der Waals surface area contributed by atoms with Crippen molar-refractivity contribution in [3.63, 3.8) is 0 Å². The van der Waals surface area contributed by atoms with Crippen LogP contribution in [0.5, 0.6) is 0 Å². The van der Waals surface area contributed by atoms with Gasteiger partial charge in [0.2, 0.25) is 5.91 Å². The van der Waals surface area contributed by atoms with Gasteiger partial charge in [0, 0.05) is 6.61 Å². The molecule has 1 amide bonds. The second kappa shape index (κ2) is 4.80. The Morgan fingerprint density at radius 3 is 3.00 bits per heavy atom. The minimum atomic E-state index is -0.611. The molecule has 0 bridgehead atoms. The fraction of sp³-hybridized carbons (Fsp3) is 0.750. The van der Waals surface area contributed by atoms with Gasteiger partial charge in [-0.3, -0.25) is 4.79 Å². The van der Waals surface area contributed by atoms with Crippen LogP contribution in [-0.2, 0) is 9.53 Å². The topological polar surface area (TPSA) is 96.9 Å². The summed E-state index contributed by atoms with van der Waals surface area (Å²) >= 11 is 0. The molecular weight excluding hydrogens is 186 g/mol. The molecule has 6 nitrogen and oxygen atoms in total. The molecule has 1 aliphatic rings. The predicted octanol–water partition coefficient (Wildman–Crippen LogP) is -0.726. The van der Waals surface area contributed by atoms with Crippen molar-refractivity contribution in [2.45, 2.75) is 19.4 Å². The first kappa shape index (κ1) is 10.8. The second-order valence-corrected chi connectivity index (χ2v) is 3.32. The number of oxime groups is 1. The Balaban J connectivity index is 2.40. The number of carbonyl (C=O) groups excluding carboxylic acids is 1. The van der Waals surface area contributed by atoms with Crippen LogP contribution in [0.15, 0.2) is 5.16 Å². The van der Waals surface area contributed by atoms with Crippen molar-refractivity contribution in [1.82, 2.24) is 5.32 Å². The van der Waals surface area contributed by atoms with Gasteiger partial charge in [-0.2, -0.15) is 0 Å².